The molecule has 3 amide bonds. The number of benzene rings is 1. The molecule has 0 saturated carbocycles. The summed E-state index contributed by atoms with van der Waals surface area (Å²) in [6, 6.07) is 6.06. The quantitative estimate of drug-likeness (QED) is 0.578. The second kappa shape index (κ2) is 9.82. The molecule has 9 heteroatoms. The fourth-order valence-corrected chi connectivity index (χ4v) is 3.09. The van der Waals surface area contributed by atoms with E-state index in [1.807, 2.05) is 0 Å². The maximum Gasteiger partial charge on any atom is 0.313 e. The van der Waals surface area contributed by atoms with Crippen molar-refractivity contribution in [1.29, 1.82) is 0 Å². The maximum absolute atomic E-state index is 13.6. The molecule has 3 rings (SSSR count). The predicted octanol–water partition coefficient (Wildman–Crippen LogP) is 2.56. The highest BCUT2D eigenvalue weighted by Crippen LogP contribution is 2.18. The highest BCUT2D eigenvalue weighted by molar-refractivity contribution is 6.39. The minimum atomic E-state index is -1.07. The van der Waals surface area contributed by atoms with Gasteiger partial charge in [-0.15, -0.1) is 0 Å². The second-order valence-electron chi connectivity index (χ2n) is 6.91. The third-order valence-corrected chi connectivity index (χ3v) is 4.79. The summed E-state index contributed by atoms with van der Waals surface area (Å²) in [4.78, 5) is 37.7. The molecule has 30 heavy (non-hydrogen) atoms. The number of halogens is 2. The number of carbonyl (C=O) groups is 3. The molecule has 1 aliphatic rings. The van der Waals surface area contributed by atoms with Crippen molar-refractivity contribution in [2.75, 3.05) is 25.0 Å². The smallest absolute Gasteiger partial charge is 0.313 e. The van der Waals surface area contributed by atoms with Crippen molar-refractivity contribution in [1.82, 2.24) is 10.2 Å². The Morgan fingerprint density at radius 3 is 2.60 bits per heavy atom. The second-order valence-corrected chi connectivity index (χ2v) is 6.91. The first-order chi connectivity index (χ1) is 14.4. The lowest BCUT2D eigenvalue weighted by atomic mass is 9.96. The lowest BCUT2D eigenvalue weighted by molar-refractivity contribution is -0.136. The van der Waals surface area contributed by atoms with Crippen LogP contribution >= 0.6 is 0 Å². The molecule has 1 saturated heterocycles. The number of nitrogens with zero attached hydrogens (tertiary/aromatic N) is 1. The molecule has 0 atom stereocenters. The van der Waals surface area contributed by atoms with Gasteiger partial charge in [0.05, 0.1) is 12.0 Å². The van der Waals surface area contributed by atoms with E-state index in [4.69, 9.17) is 4.42 Å². The minimum absolute atomic E-state index is 0.103. The van der Waals surface area contributed by atoms with Crippen molar-refractivity contribution in [3.8, 4) is 0 Å². The summed E-state index contributed by atoms with van der Waals surface area (Å²) in [5.74, 6) is -3.00. The summed E-state index contributed by atoms with van der Waals surface area (Å²) in [5, 5.41) is 4.55. The molecule has 7 nitrogen and oxygen atoms in total. The van der Waals surface area contributed by atoms with Gasteiger partial charge in [0.15, 0.2) is 0 Å². The molecule has 2 aromatic rings. The van der Waals surface area contributed by atoms with Crippen LogP contribution in [0.3, 0.4) is 0 Å². The first kappa shape index (κ1) is 21.2. The Labute approximate surface area is 171 Å². The zero-order valence-electron chi connectivity index (χ0n) is 16.1. The number of hydrogen-bond donors (Lipinski definition) is 2. The normalized spacial score (nSPS) is 14.7. The van der Waals surface area contributed by atoms with Gasteiger partial charge in [-0.3, -0.25) is 14.4 Å². The highest BCUT2D eigenvalue weighted by atomic mass is 19.1. The van der Waals surface area contributed by atoms with Crippen LogP contribution in [0.2, 0.25) is 0 Å². The van der Waals surface area contributed by atoms with Gasteiger partial charge in [-0.05, 0) is 49.1 Å². The maximum atomic E-state index is 13.6. The minimum Gasteiger partial charge on any atom is -0.465 e. The zero-order valence-corrected chi connectivity index (χ0v) is 16.1. The van der Waals surface area contributed by atoms with Gasteiger partial charge in [0.2, 0.25) is 5.91 Å². The van der Waals surface area contributed by atoms with E-state index in [0.717, 1.165) is 18.2 Å². The van der Waals surface area contributed by atoms with Gasteiger partial charge in [-0.25, -0.2) is 8.78 Å². The molecule has 1 aromatic carbocycles. The van der Waals surface area contributed by atoms with Gasteiger partial charge in [0.25, 0.3) is 0 Å². The number of amides is 3. The number of nitrogens with one attached hydrogen (secondary N) is 2. The van der Waals surface area contributed by atoms with Crippen LogP contribution in [0.1, 0.15) is 18.6 Å². The van der Waals surface area contributed by atoms with Crippen molar-refractivity contribution in [3.63, 3.8) is 0 Å². The number of likely N-dealkylation sites (tertiary alicyclic amines) is 1. The molecule has 2 heterocycles. The molecule has 0 unspecified atom stereocenters. The van der Waals surface area contributed by atoms with Crippen LogP contribution < -0.4 is 10.6 Å². The van der Waals surface area contributed by atoms with Crippen molar-refractivity contribution < 1.29 is 27.6 Å². The van der Waals surface area contributed by atoms with Gasteiger partial charge < -0.3 is 20.0 Å². The fraction of sp³-hybridized carbons (Fsp3) is 0.286. The van der Waals surface area contributed by atoms with Gasteiger partial charge in [-0.2, -0.15) is 0 Å². The number of piperidine rings is 1. The van der Waals surface area contributed by atoms with Crippen LogP contribution in [0.5, 0.6) is 0 Å². The third kappa shape index (κ3) is 5.76. The first-order valence-electron chi connectivity index (χ1n) is 9.47. The zero-order chi connectivity index (χ0) is 21.5. The van der Waals surface area contributed by atoms with Crippen LogP contribution in [0.15, 0.2) is 47.1 Å². The van der Waals surface area contributed by atoms with Gasteiger partial charge in [-0.1, -0.05) is 0 Å². The van der Waals surface area contributed by atoms with Crippen LogP contribution in [0.4, 0.5) is 14.5 Å². The van der Waals surface area contributed by atoms with E-state index in [-0.39, 0.29) is 18.4 Å². The average Bonchev–Trinajstić information content (AvgIpc) is 3.27. The van der Waals surface area contributed by atoms with E-state index in [2.05, 4.69) is 10.6 Å². The summed E-state index contributed by atoms with van der Waals surface area (Å²) >= 11 is 0. The molecule has 158 valence electrons. The van der Waals surface area contributed by atoms with E-state index in [1.54, 1.807) is 23.1 Å². The Balaban J connectivity index is 1.40. The Kier molecular flexibility index (Phi) is 6.95. The lowest BCUT2D eigenvalue weighted by Crippen LogP contribution is -2.43. The summed E-state index contributed by atoms with van der Waals surface area (Å²) < 4.78 is 31.8. The number of rotatable bonds is 5. The van der Waals surface area contributed by atoms with Crippen LogP contribution in [-0.2, 0) is 14.4 Å². The monoisotopic (exact) mass is 417 g/mol. The Morgan fingerprint density at radius 2 is 1.90 bits per heavy atom. The van der Waals surface area contributed by atoms with Gasteiger partial charge in [0, 0.05) is 31.8 Å². The number of carbonyl (C=O) groups excluding carboxylic acids is 3. The van der Waals surface area contributed by atoms with Crippen molar-refractivity contribution in [2.45, 2.75) is 12.8 Å². The summed E-state index contributed by atoms with van der Waals surface area (Å²) in [6.07, 6.45) is 5.92. The van der Waals surface area contributed by atoms with Gasteiger partial charge in [0.1, 0.15) is 17.4 Å². The third-order valence-electron chi connectivity index (χ3n) is 4.79. The lowest BCUT2D eigenvalue weighted by Gasteiger charge is -2.31. The molecule has 0 spiro atoms. The number of furan rings is 1. The molecule has 1 fully saturated rings. The van der Waals surface area contributed by atoms with Crippen molar-refractivity contribution >= 4 is 29.5 Å². The van der Waals surface area contributed by atoms with Crippen molar-refractivity contribution in [2.24, 2.45) is 5.92 Å². The SMILES string of the molecule is O=C(NCC1CCN(C(=O)/C=C/c2ccco2)CC1)C(=O)Nc1cc(F)ccc1F. The molecule has 1 aromatic heterocycles. The molecule has 2 N–H and O–H groups in total. The van der Waals surface area contributed by atoms with E-state index < -0.39 is 29.1 Å². The summed E-state index contributed by atoms with van der Waals surface area (Å²) in [5.41, 5.74) is -0.399. The Bertz CT molecular complexity index is 936. The number of anilines is 1. The first-order valence-corrected chi connectivity index (χ1v) is 9.47. The summed E-state index contributed by atoms with van der Waals surface area (Å²) in [6.45, 7) is 1.31. The van der Waals surface area contributed by atoms with E-state index in [1.165, 1.54) is 12.3 Å². The van der Waals surface area contributed by atoms with Gasteiger partial charge >= 0.3 is 11.8 Å². The largest absolute Gasteiger partial charge is 0.465 e. The molecule has 0 bridgehead atoms. The van der Waals surface area contributed by atoms with E-state index >= 15 is 0 Å². The Morgan fingerprint density at radius 1 is 1.13 bits per heavy atom. The number of hydrogen-bond acceptors (Lipinski definition) is 4. The Hall–Kier alpha value is -3.49. The average molecular weight is 417 g/mol. The van der Waals surface area contributed by atoms with Crippen LogP contribution in [-0.4, -0.2) is 42.3 Å². The topological polar surface area (TPSA) is 91.7 Å². The molecule has 0 radical (unpaired) electrons. The molecule has 1 aliphatic heterocycles. The molecular weight excluding hydrogens is 396 g/mol. The predicted molar refractivity (Wildman–Crippen MR) is 105 cm³/mol. The molecular formula is C21H21F2N3O4. The standard InChI is InChI=1S/C21H21F2N3O4/c22-15-3-5-17(23)18(12-15)25-21(29)20(28)24-13-14-7-9-26(10-8-14)19(27)6-4-16-2-1-11-30-16/h1-6,11-12,14H,7-10,13H2,(H,24,28)(H,25,29)/b6-4+. The summed E-state index contributed by atoms with van der Waals surface area (Å²) in [7, 11) is 0. The van der Waals surface area contributed by atoms with Crippen LogP contribution in [0, 0.1) is 17.6 Å². The molecule has 0 aliphatic carbocycles. The van der Waals surface area contributed by atoms with E-state index in [9.17, 15) is 23.2 Å². The fourth-order valence-electron chi connectivity index (χ4n) is 3.09. The van der Waals surface area contributed by atoms with Crippen LogP contribution in [0.25, 0.3) is 6.08 Å². The van der Waals surface area contributed by atoms with Crippen molar-refractivity contribution in [3.05, 3.63) is 60.1 Å². The highest BCUT2D eigenvalue weighted by Gasteiger charge is 2.23. The van der Waals surface area contributed by atoms with E-state index in [0.29, 0.717) is 31.7 Å².